The smallest absolute Gasteiger partial charge is 0.261 e. The number of aromatic nitrogens is 2. The average molecular weight is 204 g/mol. The van der Waals surface area contributed by atoms with E-state index in [2.05, 4.69) is 21.5 Å². The van der Waals surface area contributed by atoms with Crippen LogP contribution in [0.3, 0.4) is 0 Å². The van der Waals surface area contributed by atoms with E-state index >= 15 is 0 Å². The summed E-state index contributed by atoms with van der Waals surface area (Å²) in [7, 11) is 0. The van der Waals surface area contributed by atoms with Crippen molar-refractivity contribution >= 4 is 6.08 Å². The van der Waals surface area contributed by atoms with Gasteiger partial charge in [-0.25, -0.2) is 8.78 Å². The van der Waals surface area contributed by atoms with E-state index in [1.165, 1.54) is 6.08 Å². The molecular weight excluding hydrogens is 194 g/mol. The molecule has 14 heavy (non-hydrogen) atoms. The SMILES string of the molecule is C=Cc1nc(CCOCC(F)F)no1. The van der Waals surface area contributed by atoms with Crippen molar-refractivity contribution in [3.05, 3.63) is 18.3 Å². The summed E-state index contributed by atoms with van der Waals surface area (Å²) in [4.78, 5) is 3.88. The van der Waals surface area contributed by atoms with Crippen LogP contribution in [0.2, 0.25) is 0 Å². The van der Waals surface area contributed by atoms with E-state index in [-0.39, 0.29) is 6.61 Å². The highest BCUT2D eigenvalue weighted by Crippen LogP contribution is 2.00. The van der Waals surface area contributed by atoms with Gasteiger partial charge < -0.3 is 9.26 Å². The van der Waals surface area contributed by atoms with Gasteiger partial charge in [-0.3, -0.25) is 0 Å². The number of nitrogens with zero attached hydrogens (tertiary/aromatic N) is 2. The Kier molecular flexibility index (Phi) is 4.18. The first-order valence-corrected chi connectivity index (χ1v) is 4.03. The summed E-state index contributed by atoms with van der Waals surface area (Å²) in [5.74, 6) is 0.739. The first kappa shape index (κ1) is 10.8. The molecule has 0 spiro atoms. The zero-order chi connectivity index (χ0) is 10.4. The lowest BCUT2D eigenvalue weighted by atomic mass is 10.4. The molecule has 0 atom stereocenters. The molecule has 78 valence electrons. The maximum atomic E-state index is 11.6. The molecule has 1 aromatic rings. The third kappa shape index (κ3) is 3.61. The summed E-state index contributed by atoms with van der Waals surface area (Å²) in [5, 5.41) is 3.58. The number of ether oxygens (including phenoxy) is 1. The summed E-state index contributed by atoms with van der Waals surface area (Å²) >= 11 is 0. The summed E-state index contributed by atoms with van der Waals surface area (Å²) in [5.41, 5.74) is 0. The molecule has 0 saturated heterocycles. The summed E-state index contributed by atoms with van der Waals surface area (Å²) in [6.07, 6.45) is -0.676. The van der Waals surface area contributed by atoms with Crippen LogP contribution >= 0.6 is 0 Å². The van der Waals surface area contributed by atoms with Crippen LogP contribution in [0.1, 0.15) is 11.7 Å². The molecule has 1 heterocycles. The molecule has 6 heteroatoms. The lowest BCUT2D eigenvalue weighted by molar-refractivity contribution is 0.0182. The Labute approximate surface area is 79.6 Å². The first-order valence-electron chi connectivity index (χ1n) is 4.03. The molecule has 0 amide bonds. The number of rotatable bonds is 6. The predicted molar refractivity (Wildman–Crippen MR) is 44.9 cm³/mol. The fourth-order valence-electron chi connectivity index (χ4n) is 0.788. The first-order chi connectivity index (χ1) is 6.72. The van der Waals surface area contributed by atoms with Gasteiger partial charge in [-0.1, -0.05) is 11.7 Å². The number of hydrogen-bond donors (Lipinski definition) is 0. The molecule has 0 radical (unpaired) electrons. The van der Waals surface area contributed by atoms with Gasteiger partial charge >= 0.3 is 0 Å². The minimum atomic E-state index is -2.44. The zero-order valence-electron chi connectivity index (χ0n) is 7.45. The Morgan fingerprint density at radius 3 is 2.93 bits per heavy atom. The van der Waals surface area contributed by atoms with Crippen LogP contribution in [0, 0.1) is 0 Å². The highest BCUT2D eigenvalue weighted by Gasteiger charge is 2.05. The van der Waals surface area contributed by atoms with Crippen LogP contribution in [0.15, 0.2) is 11.1 Å². The molecule has 0 bridgehead atoms. The van der Waals surface area contributed by atoms with Gasteiger partial charge in [0, 0.05) is 6.42 Å². The van der Waals surface area contributed by atoms with E-state index < -0.39 is 13.0 Å². The molecule has 1 aromatic heterocycles. The second kappa shape index (κ2) is 5.43. The molecular formula is C8H10F2N2O2. The fraction of sp³-hybridized carbons (Fsp3) is 0.500. The number of hydrogen-bond acceptors (Lipinski definition) is 4. The second-order valence-corrected chi connectivity index (χ2v) is 2.47. The molecule has 0 aliphatic rings. The van der Waals surface area contributed by atoms with Crippen molar-refractivity contribution in [2.75, 3.05) is 13.2 Å². The van der Waals surface area contributed by atoms with Crippen LogP contribution in [-0.4, -0.2) is 29.8 Å². The van der Waals surface area contributed by atoms with Crippen molar-refractivity contribution in [2.24, 2.45) is 0 Å². The van der Waals surface area contributed by atoms with Crippen molar-refractivity contribution in [2.45, 2.75) is 12.8 Å². The van der Waals surface area contributed by atoms with E-state index in [0.29, 0.717) is 18.1 Å². The second-order valence-electron chi connectivity index (χ2n) is 2.47. The van der Waals surface area contributed by atoms with E-state index in [4.69, 9.17) is 4.52 Å². The molecule has 0 aliphatic heterocycles. The predicted octanol–water partition coefficient (Wildman–Crippen LogP) is 1.54. The van der Waals surface area contributed by atoms with Crippen LogP contribution in [0.4, 0.5) is 8.78 Å². The molecule has 1 rings (SSSR count). The quantitative estimate of drug-likeness (QED) is 0.659. The topological polar surface area (TPSA) is 48.2 Å². The Bertz CT molecular complexity index is 289. The lowest BCUT2D eigenvalue weighted by Gasteiger charge is -1.99. The normalized spacial score (nSPS) is 10.8. The Morgan fingerprint density at radius 2 is 2.36 bits per heavy atom. The van der Waals surface area contributed by atoms with Crippen LogP contribution in [0.25, 0.3) is 6.08 Å². The van der Waals surface area contributed by atoms with Gasteiger partial charge in [-0.05, 0) is 6.08 Å². The van der Waals surface area contributed by atoms with Crippen LogP contribution in [0.5, 0.6) is 0 Å². The maximum Gasteiger partial charge on any atom is 0.261 e. The molecule has 4 nitrogen and oxygen atoms in total. The standard InChI is InChI=1S/C8H10F2N2O2/c1-2-8-11-7(12-14-8)3-4-13-5-6(9)10/h2,6H,1,3-5H2. The third-order valence-corrected chi connectivity index (χ3v) is 1.37. The van der Waals surface area contributed by atoms with Crippen molar-refractivity contribution in [1.29, 1.82) is 0 Å². The summed E-state index contributed by atoms with van der Waals surface area (Å²) < 4.78 is 32.6. The van der Waals surface area contributed by atoms with E-state index in [9.17, 15) is 8.78 Å². The number of alkyl halides is 2. The van der Waals surface area contributed by atoms with Gasteiger partial charge in [0.2, 0.25) is 5.89 Å². The van der Waals surface area contributed by atoms with Gasteiger partial charge in [0.25, 0.3) is 6.43 Å². The molecule has 0 unspecified atom stereocenters. The largest absolute Gasteiger partial charge is 0.375 e. The van der Waals surface area contributed by atoms with Crippen LogP contribution in [-0.2, 0) is 11.2 Å². The van der Waals surface area contributed by atoms with E-state index in [1.807, 2.05) is 0 Å². The Hall–Kier alpha value is -1.30. The van der Waals surface area contributed by atoms with Crippen molar-refractivity contribution in [1.82, 2.24) is 10.1 Å². The van der Waals surface area contributed by atoms with E-state index in [1.54, 1.807) is 0 Å². The maximum absolute atomic E-state index is 11.6. The van der Waals surface area contributed by atoms with Crippen molar-refractivity contribution < 1.29 is 18.0 Å². The minimum absolute atomic E-state index is 0.153. The van der Waals surface area contributed by atoms with Gasteiger partial charge in [-0.15, -0.1) is 0 Å². The fourth-order valence-corrected chi connectivity index (χ4v) is 0.788. The molecule has 0 aromatic carbocycles. The Morgan fingerprint density at radius 1 is 1.57 bits per heavy atom. The van der Waals surface area contributed by atoms with E-state index in [0.717, 1.165) is 0 Å². The number of halogens is 2. The van der Waals surface area contributed by atoms with Gasteiger partial charge in [0.1, 0.15) is 6.61 Å². The molecule has 0 N–H and O–H groups in total. The highest BCUT2D eigenvalue weighted by atomic mass is 19.3. The third-order valence-electron chi connectivity index (χ3n) is 1.37. The highest BCUT2D eigenvalue weighted by molar-refractivity contribution is 5.32. The van der Waals surface area contributed by atoms with Gasteiger partial charge in [-0.2, -0.15) is 4.98 Å². The monoisotopic (exact) mass is 204 g/mol. The molecule has 0 saturated carbocycles. The average Bonchev–Trinajstić information content (AvgIpc) is 2.60. The van der Waals surface area contributed by atoms with Gasteiger partial charge in [0.15, 0.2) is 5.82 Å². The molecule has 0 aliphatic carbocycles. The lowest BCUT2D eigenvalue weighted by Crippen LogP contribution is -2.07. The van der Waals surface area contributed by atoms with Gasteiger partial charge in [0.05, 0.1) is 6.61 Å². The zero-order valence-corrected chi connectivity index (χ0v) is 7.45. The minimum Gasteiger partial charge on any atom is -0.375 e. The Balaban J connectivity index is 2.21. The van der Waals surface area contributed by atoms with Crippen molar-refractivity contribution in [3.8, 4) is 0 Å². The van der Waals surface area contributed by atoms with Crippen molar-refractivity contribution in [3.63, 3.8) is 0 Å². The van der Waals surface area contributed by atoms with Crippen LogP contribution < -0.4 is 0 Å². The summed E-state index contributed by atoms with van der Waals surface area (Å²) in [6, 6.07) is 0. The summed E-state index contributed by atoms with van der Waals surface area (Å²) in [6.45, 7) is 3.03. The molecule has 0 fully saturated rings.